The van der Waals surface area contributed by atoms with Crippen LogP contribution in [0.4, 0.5) is 5.69 Å². The number of hydrogen-bond acceptors (Lipinski definition) is 5. The fraction of sp³-hybridized carbons (Fsp3) is 0.111. The number of aromatic nitrogens is 5. The van der Waals surface area contributed by atoms with Crippen molar-refractivity contribution in [2.24, 2.45) is 7.05 Å². The summed E-state index contributed by atoms with van der Waals surface area (Å²) in [7, 11) is 3.27. The summed E-state index contributed by atoms with van der Waals surface area (Å²) >= 11 is 0. The summed E-state index contributed by atoms with van der Waals surface area (Å²) in [5.41, 5.74) is 3.50. The Kier molecular flexibility index (Phi) is 3.85. The standard InChI is InChI=1S/C18H16N6O2/c1-23-16(9-10-19-23)18(25)20-14-8-7-12(11-17(14)26-2)24-15-6-4-3-5-13(15)21-22-24/h3-11H,1-2H3,(H,20,25). The van der Waals surface area contributed by atoms with Gasteiger partial charge in [0.05, 0.1) is 24.0 Å². The number of ether oxygens (including phenoxy) is 1. The summed E-state index contributed by atoms with van der Waals surface area (Å²) in [6, 6.07) is 14.8. The van der Waals surface area contributed by atoms with Crippen LogP contribution in [0.2, 0.25) is 0 Å². The van der Waals surface area contributed by atoms with Crippen molar-refractivity contribution in [2.45, 2.75) is 0 Å². The number of nitrogens with one attached hydrogen (secondary N) is 1. The fourth-order valence-corrected chi connectivity index (χ4v) is 2.76. The third-order valence-corrected chi connectivity index (χ3v) is 4.08. The topological polar surface area (TPSA) is 86.9 Å². The van der Waals surface area contributed by atoms with Gasteiger partial charge in [0.15, 0.2) is 0 Å². The van der Waals surface area contributed by atoms with Gasteiger partial charge < -0.3 is 10.1 Å². The molecule has 8 nitrogen and oxygen atoms in total. The number of amides is 1. The highest BCUT2D eigenvalue weighted by Gasteiger charge is 2.14. The molecule has 8 heteroatoms. The number of carbonyl (C=O) groups is 1. The van der Waals surface area contributed by atoms with Gasteiger partial charge in [-0.15, -0.1) is 5.10 Å². The Labute approximate surface area is 149 Å². The number of nitrogens with zero attached hydrogens (tertiary/aromatic N) is 5. The predicted octanol–water partition coefficient (Wildman–Crippen LogP) is 2.41. The summed E-state index contributed by atoms with van der Waals surface area (Å²) in [6.45, 7) is 0. The monoisotopic (exact) mass is 348 g/mol. The molecule has 0 saturated heterocycles. The molecule has 4 aromatic rings. The number of anilines is 1. The Morgan fingerprint density at radius 2 is 2.00 bits per heavy atom. The van der Waals surface area contributed by atoms with Crippen molar-refractivity contribution in [3.63, 3.8) is 0 Å². The quantitative estimate of drug-likeness (QED) is 0.612. The molecular formula is C18H16N6O2. The molecule has 0 aliphatic rings. The Balaban J connectivity index is 1.68. The largest absolute Gasteiger partial charge is 0.494 e. The molecule has 2 aromatic heterocycles. The maximum atomic E-state index is 12.4. The van der Waals surface area contributed by atoms with E-state index >= 15 is 0 Å². The summed E-state index contributed by atoms with van der Waals surface area (Å²) in [6.07, 6.45) is 1.57. The number of benzene rings is 2. The van der Waals surface area contributed by atoms with Gasteiger partial charge in [-0.05, 0) is 30.3 Å². The number of aryl methyl sites for hydroxylation is 1. The minimum absolute atomic E-state index is 0.262. The fourth-order valence-electron chi connectivity index (χ4n) is 2.76. The van der Waals surface area contributed by atoms with Crippen LogP contribution in [0.15, 0.2) is 54.7 Å². The van der Waals surface area contributed by atoms with Gasteiger partial charge in [-0.2, -0.15) is 5.10 Å². The van der Waals surface area contributed by atoms with Crippen LogP contribution in [-0.2, 0) is 7.05 Å². The van der Waals surface area contributed by atoms with Gasteiger partial charge in [0.1, 0.15) is 17.0 Å². The van der Waals surface area contributed by atoms with Crippen molar-refractivity contribution >= 4 is 22.6 Å². The number of rotatable bonds is 4. The highest BCUT2D eigenvalue weighted by Crippen LogP contribution is 2.28. The first-order valence-electron chi connectivity index (χ1n) is 7.95. The van der Waals surface area contributed by atoms with Gasteiger partial charge in [0.25, 0.3) is 5.91 Å². The van der Waals surface area contributed by atoms with Crippen molar-refractivity contribution in [1.29, 1.82) is 0 Å². The average molecular weight is 348 g/mol. The molecule has 0 aliphatic heterocycles. The van der Waals surface area contributed by atoms with E-state index in [9.17, 15) is 4.79 Å². The molecule has 0 saturated carbocycles. The molecule has 130 valence electrons. The molecule has 2 heterocycles. The molecule has 0 aliphatic carbocycles. The number of carbonyl (C=O) groups excluding carboxylic acids is 1. The summed E-state index contributed by atoms with van der Waals surface area (Å²) in [5.74, 6) is 0.264. The molecule has 1 N–H and O–H groups in total. The van der Waals surface area contributed by atoms with Gasteiger partial charge in [-0.1, -0.05) is 17.3 Å². The molecule has 0 atom stereocenters. The SMILES string of the molecule is COc1cc(-n2nnc3ccccc32)ccc1NC(=O)c1ccnn1C. The van der Waals surface area contributed by atoms with Crippen LogP contribution < -0.4 is 10.1 Å². The van der Waals surface area contributed by atoms with Crippen LogP contribution in [0.25, 0.3) is 16.7 Å². The maximum absolute atomic E-state index is 12.4. The zero-order valence-electron chi connectivity index (χ0n) is 14.2. The van der Waals surface area contributed by atoms with Crippen molar-refractivity contribution in [3.05, 3.63) is 60.4 Å². The van der Waals surface area contributed by atoms with E-state index in [1.165, 1.54) is 4.68 Å². The second-order valence-corrected chi connectivity index (χ2v) is 5.67. The number of hydrogen-bond donors (Lipinski definition) is 1. The van der Waals surface area contributed by atoms with Gasteiger partial charge in [0.2, 0.25) is 0 Å². The predicted molar refractivity (Wildman–Crippen MR) is 96.6 cm³/mol. The lowest BCUT2D eigenvalue weighted by molar-refractivity contribution is 0.101. The molecule has 0 bridgehead atoms. The summed E-state index contributed by atoms with van der Waals surface area (Å²) in [5, 5.41) is 15.2. The van der Waals surface area contributed by atoms with Crippen LogP contribution in [0, 0.1) is 0 Å². The molecule has 1 amide bonds. The zero-order valence-corrected chi connectivity index (χ0v) is 14.2. The molecule has 0 unspecified atom stereocenters. The van der Waals surface area contributed by atoms with E-state index in [-0.39, 0.29) is 5.91 Å². The van der Waals surface area contributed by atoms with Crippen molar-refractivity contribution in [2.75, 3.05) is 12.4 Å². The van der Waals surface area contributed by atoms with Crippen molar-refractivity contribution in [3.8, 4) is 11.4 Å². The Bertz CT molecular complexity index is 1100. The van der Waals surface area contributed by atoms with E-state index in [0.717, 1.165) is 16.7 Å². The molecule has 0 fully saturated rings. The lowest BCUT2D eigenvalue weighted by atomic mass is 10.2. The van der Waals surface area contributed by atoms with E-state index in [0.29, 0.717) is 17.1 Å². The Hall–Kier alpha value is -3.68. The molecule has 0 radical (unpaired) electrons. The first-order chi connectivity index (χ1) is 12.7. The smallest absolute Gasteiger partial charge is 0.274 e. The van der Waals surface area contributed by atoms with Crippen LogP contribution in [0.5, 0.6) is 5.75 Å². The van der Waals surface area contributed by atoms with E-state index in [1.54, 1.807) is 43.2 Å². The molecule has 0 spiro atoms. The second-order valence-electron chi connectivity index (χ2n) is 5.67. The average Bonchev–Trinajstić information content (AvgIpc) is 3.28. The zero-order chi connectivity index (χ0) is 18.1. The van der Waals surface area contributed by atoms with Crippen molar-refractivity contribution in [1.82, 2.24) is 24.8 Å². The minimum atomic E-state index is -0.262. The maximum Gasteiger partial charge on any atom is 0.274 e. The normalized spacial score (nSPS) is 10.8. The van der Waals surface area contributed by atoms with Gasteiger partial charge in [0, 0.05) is 19.3 Å². The Morgan fingerprint density at radius 1 is 1.15 bits per heavy atom. The molecule has 4 rings (SSSR count). The Morgan fingerprint density at radius 3 is 2.77 bits per heavy atom. The first-order valence-corrected chi connectivity index (χ1v) is 7.95. The van der Waals surface area contributed by atoms with Gasteiger partial charge in [-0.25, -0.2) is 4.68 Å². The second kappa shape index (κ2) is 6.32. The van der Waals surface area contributed by atoms with E-state index in [1.807, 2.05) is 30.3 Å². The highest BCUT2D eigenvalue weighted by atomic mass is 16.5. The highest BCUT2D eigenvalue weighted by molar-refractivity contribution is 6.03. The number of methoxy groups -OCH3 is 1. The van der Waals surface area contributed by atoms with Gasteiger partial charge >= 0.3 is 0 Å². The third-order valence-electron chi connectivity index (χ3n) is 4.08. The van der Waals surface area contributed by atoms with Crippen LogP contribution in [0.3, 0.4) is 0 Å². The summed E-state index contributed by atoms with van der Waals surface area (Å²) in [4.78, 5) is 12.4. The minimum Gasteiger partial charge on any atom is -0.494 e. The summed E-state index contributed by atoms with van der Waals surface area (Å²) < 4.78 is 8.68. The molecule has 26 heavy (non-hydrogen) atoms. The van der Waals surface area contributed by atoms with Crippen LogP contribution in [0.1, 0.15) is 10.5 Å². The van der Waals surface area contributed by atoms with Crippen LogP contribution in [-0.4, -0.2) is 37.8 Å². The van der Waals surface area contributed by atoms with Crippen LogP contribution >= 0.6 is 0 Å². The molecular weight excluding hydrogens is 332 g/mol. The number of para-hydroxylation sites is 1. The van der Waals surface area contributed by atoms with E-state index in [2.05, 4.69) is 20.7 Å². The van der Waals surface area contributed by atoms with E-state index < -0.39 is 0 Å². The van der Waals surface area contributed by atoms with Gasteiger partial charge in [-0.3, -0.25) is 9.48 Å². The lowest BCUT2D eigenvalue weighted by Crippen LogP contribution is -2.16. The molecule has 2 aromatic carbocycles. The van der Waals surface area contributed by atoms with E-state index in [4.69, 9.17) is 4.74 Å². The van der Waals surface area contributed by atoms with Crippen molar-refractivity contribution < 1.29 is 9.53 Å². The lowest BCUT2D eigenvalue weighted by Gasteiger charge is -2.12. The number of fused-ring (bicyclic) bond motifs is 1. The first kappa shape index (κ1) is 15.8. The third kappa shape index (κ3) is 2.67.